The topological polar surface area (TPSA) is 112 Å². The summed E-state index contributed by atoms with van der Waals surface area (Å²) >= 11 is 0. The Hall–Kier alpha value is -1.90. The molecule has 0 saturated carbocycles. The highest BCUT2D eigenvalue weighted by molar-refractivity contribution is 7.88. The minimum absolute atomic E-state index is 0.303. The summed E-state index contributed by atoms with van der Waals surface area (Å²) < 4.78 is 24.8. The SMILES string of the molecule is CCC[C@H]1C(=O)N(S(C)(=O)=O)[C@H]2CCN(C(=O)C=CC(=O)O)[C@H]12. The lowest BCUT2D eigenvalue weighted by atomic mass is 9.94. The van der Waals surface area contributed by atoms with Crippen molar-refractivity contribution < 1.29 is 27.9 Å². The van der Waals surface area contributed by atoms with E-state index in [0.717, 1.165) is 22.7 Å². The predicted molar refractivity (Wildman–Crippen MR) is 80.8 cm³/mol. The van der Waals surface area contributed by atoms with E-state index in [1.54, 1.807) is 0 Å². The molecule has 0 bridgehead atoms. The minimum Gasteiger partial charge on any atom is -0.478 e. The van der Waals surface area contributed by atoms with Crippen LogP contribution in [-0.4, -0.2) is 65.4 Å². The van der Waals surface area contributed by atoms with E-state index in [2.05, 4.69) is 0 Å². The van der Waals surface area contributed by atoms with Crippen molar-refractivity contribution in [2.45, 2.75) is 38.3 Å². The first-order chi connectivity index (χ1) is 10.7. The molecule has 8 nitrogen and oxygen atoms in total. The summed E-state index contributed by atoms with van der Waals surface area (Å²) in [7, 11) is -3.70. The highest BCUT2D eigenvalue weighted by atomic mass is 32.2. The molecule has 0 spiro atoms. The number of rotatable bonds is 5. The van der Waals surface area contributed by atoms with E-state index in [1.165, 1.54) is 4.90 Å². The van der Waals surface area contributed by atoms with Crippen LogP contribution in [0.25, 0.3) is 0 Å². The van der Waals surface area contributed by atoms with Crippen LogP contribution in [0.2, 0.25) is 0 Å². The number of fused-ring (bicyclic) bond motifs is 1. The van der Waals surface area contributed by atoms with Gasteiger partial charge in [0.05, 0.1) is 24.3 Å². The Labute approximate surface area is 134 Å². The Bertz CT molecular complexity index is 656. The molecule has 0 aromatic rings. The fraction of sp³-hybridized carbons (Fsp3) is 0.643. The molecule has 23 heavy (non-hydrogen) atoms. The second kappa shape index (κ2) is 6.31. The van der Waals surface area contributed by atoms with Gasteiger partial charge in [-0.1, -0.05) is 13.3 Å². The number of carbonyl (C=O) groups is 3. The summed E-state index contributed by atoms with van der Waals surface area (Å²) in [5.74, 6) is -2.78. The van der Waals surface area contributed by atoms with Crippen LogP contribution in [0.1, 0.15) is 26.2 Å². The number of carboxylic acid groups (broad SMARTS) is 1. The summed E-state index contributed by atoms with van der Waals surface area (Å²) in [4.78, 5) is 36.7. The molecule has 128 valence electrons. The number of carboxylic acids is 1. The molecule has 1 N–H and O–H groups in total. The molecule has 2 aliphatic heterocycles. The number of likely N-dealkylation sites (tertiary alicyclic amines) is 1. The number of hydrogen-bond acceptors (Lipinski definition) is 5. The summed E-state index contributed by atoms with van der Waals surface area (Å²) in [6.45, 7) is 2.19. The molecular formula is C14H20N2O6S. The van der Waals surface area contributed by atoms with Gasteiger partial charge in [-0.2, -0.15) is 0 Å². The normalized spacial score (nSPS) is 27.7. The van der Waals surface area contributed by atoms with Gasteiger partial charge in [-0.3, -0.25) is 9.59 Å². The fourth-order valence-electron chi connectivity index (χ4n) is 3.52. The van der Waals surface area contributed by atoms with Crippen LogP contribution in [0.5, 0.6) is 0 Å². The summed E-state index contributed by atoms with van der Waals surface area (Å²) in [6, 6.07) is -1.08. The lowest BCUT2D eigenvalue weighted by Gasteiger charge is -2.26. The van der Waals surface area contributed by atoms with Crippen LogP contribution in [0.15, 0.2) is 12.2 Å². The molecule has 2 saturated heterocycles. The Morgan fingerprint density at radius 2 is 2.00 bits per heavy atom. The maximum absolute atomic E-state index is 12.5. The Kier molecular flexibility index (Phi) is 4.79. The maximum Gasteiger partial charge on any atom is 0.328 e. The third kappa shape index (κ3) is 3.24. The molecule has 3 atom stereocenters. The molecule has 9 heteroatoms. The molecule has 0 radical (unpaired) electrons. The third-order valence-electron chi connectivity index (χ3n) is 4.28. The summed E-state index contributed by atoms with van der Waals surface area (Å²) in [6.07, 6.45) is 4.22. The van der Waals surface area contributed by atoms with E-state index in [4.69, 9.17) is 5.11 Å². The standard InChI is InChI=1S/C14H20N2O6S/c1-3-4-9-13-10(16(14(9)20)23(2,21)22)7-8-15(13)11(17)5-6-12(18)19/h5-6,9-10,13H,3-4,7-8H2,1-2H3,(H,18,19)/t9-,10+,13-/m1/s1. The molecular weight excluding hydrogens is 324 g/mol. The number of carbonyl (C=O) groups excluding carboxylic acids is 2. The molecule has 2 heterocycles. The average molecular weight is 344 g/mol. The molecule has 2 aliphatic rings. The zero-order valence-corrected chi connectivity index (χ0v) is 13.8. The largest absolute Gasteiger partial charge is 0.478 e. The van der Waals surface area contributed by atoms with Crippen LogP contribution in [0.4, 0.5) is 0 Å². The molecule has 0 aromatic heterocycles. The van der Waals surface area contributed by atoms with Gasteiger partial charge in [0, 0.05) is 18.7 Å². The second-order valence-corrected chi connectivity index (χ2v) is 7.70. The third-order valence-corrected chi connectivity index (χ3v) is 5.44. The zero-order valence-electron chi connectivity index (χ0n) is 13.0. The van der Waals surface area contributed by atoms with Crippen LogP contribution < -0.4 is 0 Å². The van der Waals surface area contributed by atoms with Crippen molar-refractivity contribution in [3.05, 3.63) is 12.2 Å². The van der Waals surface area contributed by atoms with E-state index < -0.39 is 45.8 Å². The lowest BCUT2D eigenvalue weighted by molar-refractivity contribution is -0.133. The smallest absolute Gasteiger partial charge is 0.328 e. The maximum atomic E-state index is 12.5. The lowest BCUT2D eigenvalue weighted by Crippen LogP contribution is -2.42. The van der Waals surface area contributed by atoms with Crippen LogP contribution >= 0.6 is 0 Å². The molecule has 2 fully saturated rings. The van der Waals surface area contributed by atoms with Crippen LogP contribution in [0, 0.1) is 5.92 Å². The van der Waals surface area contributed by atoms with Crippen molar-refractivity contribution >= 4 is 27.8 Å². The number of aliphatic carboxylic acids is 1. The summed E-state index contributed by atoms with van der Waals surface area (Å²) in [5, 5.41) is 8.62. The van der Waals surface area contributed by atoms with Gasteiger partial charge in [-0.25, -0.2) is 17.5 Å². The monoisotopic (exact) mass is 344 g/mol. The number of hydrogen-bond donors (Lipinski definition) is 1. The molecule has 2 amide bonds. The van der Waals surface area contributed by atoms with Gasteiger partial charge in [0.15, 0.2) is 0 Å². The first kappa shape index (κ1) is 17.5. The Morgan fingerprint density at radius 3 is 2.52 bits per heavy atom. The molecule has 2 rings (SSSR count). The first-order valence-electron chi connectivity index (χ1n) is 7.43. The molecule has 0 unspecified atom stereocenters. The highest BCUT2D eigenvalue weighted by Gasteiger charge is 2.56. The predicted octanol–water partition coefficient (Wildman–Crippen LogP) is -0.185. The van der Waals surface area contributed by atoms with Crippen molar-refractivity contribution in [1.82, 2.24) is 9.21 Å². The second-order valence-electron chi connectivity index (χ2n) is 5.84. The molecule has 0 aromatic carbocycles. The van der Waals surface area contributed by atoms with E-state index in [0.29, 0.717) is 25.8 Å². The fourth-order valence-corrected chi connectivity index (χ4v) is 4.71. The van der Waals surface area contributed by atoms with Crippen molar-refractivity contribution in [3.8, 4) is 0 Å². The van der Waals surface area contributed by atoms with E-state index >= 15 is 0 Å². The van der Waals surface area contributed by atoms with Gasteiger partial charge >= 0.3 is 5.97 Å². The number of sulfonamides is 1. The number of amides is 2. The van der Waals surface area contributed by atoms with E-state index in [1.807, 2.05) is 6.92 Å². The van der Waals surface area contributed by atoms with Gasteiger partial charge in [0.2, 0.25) is 21.8 Å². The van der Waals surface area contributed by atoms with Crippen molar-refractivity contribution in [3.63, 3.8) is 0 Å². The Balaban J connectivity index is 2.34. The summed E-state index contributed by atoms with van der Waals surface area (Å²) in [5.41, 5.74) is 0. The average Bonchev–Trinajstić information content (AvgIpc) is 2.95. The van der Waals surface area contributed by atoms with Crippen molar-refractivity contribution in [2.75, 3.05) is 12.8 Å². The zero-order chi connectivity index (χ0) is 17.4. The van der Waals surface area contributed by atoms with Gasteiger partial charge in [-0.05, 0) is 12.8 Å². The first-order valence-corrected chi connectivity index (χ1v) is 9.28. The number of nitrogens with zero attached hydrogens (tertiary/aromatic N) is 2. The van der Waals surface area contributed by atoms with Crippen molar-refractivity contribution in [1.29, 1.82) is 0 Å². The van der Waals surface area contributed by atoms with Gasteiger partial charge in [0.25, 0.3) is 0 Å². The van der Waals surface area contributed by atoms with E-state index in [-0.39, 0.29) is 0 Å². The van der Waals surface area contributed by atoms with E-state index in [9.17, 15) is 22.8 Å². The Morgan fingerprint density at radius 1 is 1.35 bits per heavy atom. The quantitative estimate of drug-likeness (QED) is 0.692. The van der Waals surface area contributed by atoms with Crippen molar-refractivity contribution in [2.24, 2.45) is 5.92 Å². The minimum atomic E-state index is -3.70. The highest BCUT2D eigenvalue weighted by Crippen LogP contribution is 2.40. The van der Waals surface area contributed by atoms with Crippen LogP contribution in [-0.2, 0) is 24.4 Å². The van der Waals surface area contributed by atoms with Gasteiger partial charge in [0.1, 0.15) is 0 Å². The molecule has 0 aliphatic carbocycles. The van der Waals surface area contributed by atoms with Crippen LogP contribution in [0.3, 0.4) is 0 Å². The van der Waals surface area contributed by atoms with Gasteiger partial charge in [-0.15, -0.1) is 0 Å². The van der Waals surface area contributed by atoms with Gasteiger partial charge < -0.3 is 10.0 Å².